The van der Waals surface area contributed by atoms with E-state index in [2.05, 4.69) is 15.5 Å². The number of rotatable bonds is 1. The molecule has 7 heteroatoms. The molecule has 1 amide bonds. The van der Waals surface area contributed by atoms with Gasteiger partial charge in [0.1, 0.15) is 5.60 Å². The van der Waals surface area contributed by atoms with Crippen molar-refractivity contribution in [2.45, 2.75) is 32.3 Å². The zero-order valence-corrected chi connectivity index (χ0v) is 10.5. The monoisotopic (exact) mass is 239 g/mol. The second-order valence-corrected chi connectivity index (χ2v) is 5.24. The van der Waals surface area contributed by atoms with Crippen LogP contribution in [-0.2, 0) is 11.8 Å². The fourth-order valence-corrected chi connectivity index (χ4v) is 1.70. The van der Waals surface area contributed by atoms with Gasteiger partial charge in [-0.2, -0.15) is 0 Å². The molecule has 0 aliphatic carbocycles. The zero-order chi connectivity index (χ0) is 12.6. The largest absolute Gasteiger partial charge is 0.444 e. The summed E-state index contributed by atoms with van der Waals surface area (Å²) in [6.45, 7) is 6.80. The molecule has 2 heterocycles. The Kier molecular flexibility index (Phi) is 2.76. The number of nitrogens with zero attached hydrogens (tertiary/aromatic N) is 5. The second kappa shape index (κ2) is 3.97. The van der Waals surface area contributed by atoms with Gasteiger partial charge in [-0.3, -0.25) is 0 Å². The van der Waals surface area contributed by atoms with Crippen LogP contribution >= 0.6 is 0 Å². The zero-order valence-electron chi connectivity index (χ0n) is 10.5. The summed E-state index contributed by atoms with van der Waals surface area (Å²) in [5.74, 6) is 1.02. The van der Waals surface area contributed by atoms with Crippen molar-refractivity contribution in [3.8, 4) is 0 Å². The Morgan fingerprint density at radius 3 is 2.53 bits per heavy atom. The van der Waals surface area contributed by atoms with Gasteiger partial charge >= 0.3 is 6.09 Å². The highest BCUT2D eigenvalue weighted by Gasteiger charge is 2.37. The summed E-state index contributed by atoms with van der Waals surface area (Å²) in [7, 11) is 1.80. The van der Waals surface area contributed by atoms with Crippen LogP contribution in [0.15, 0.2) is 0 Å². The molecule has 94 valence electrons. The third-order valence-corrected chi connectivity index (χ3v) is 2.55. The molecule has 1 aliphatic heterocycles. The van der Waals surface area contributed by atoms with Gasteiger partial charge < -0.3 is 9.64 Å². The predicted molar refractivity (Wildman–Crippen MR) is 59.3 cm³/mol. The van der Waals surface area contributed by atoms with Crippen molar-refractivity contribution < 1.29 is 9.53 Å². The lowest BCUT2D eigenvalue weighted by molar-refractivity contribution is 0.00720. The molecular weight excluding hydrogens is 222 g/mol. The van der Waals surface area contributed by atoms with Gasteiger partial charge in [-0.15, -0.1) is 5.10 Å². The molecule has 17 heavy (non-hydrogen) atoms. The Morgan fingerprint density at radius 1 is 1.41 bits per heavy atom. The molecule has 0 aromatic carbocycles. The first-order valence-electron chi connectivity index (χ1n) is 5.57. The van der Waals surface area contributed by atoms with Crippen LogP contribution in [-0.4, -0.2) is 49.9 Å². The lowest BCUT2D eigenvalue weighted by Crippen LogP contribution is -2.50. The molecule has 0 atom stereocenters. The molecule has 0 bridgehead atoms. The van der Waals surface area contributed by atoms with Crippen LogP contribution in [0.2, 0.25) is 0 Å². The van der Waals surface area contributed by atoms with Crippen LogP contribution in [0.25, 0.3) is 0 Å². The minimum Gasteiger partial charge on any atom is -0.444 e. The minimum absolute atomic E-state index is 0.211. The fourth-order valence-electron chi connectivity index (χ4n) is 1.70. The molecule has 1 fully saturated rings. The average Bonchev–Trinajstić information content (AvgIpc) is 2.46. The van der Waals surface area contributed by atoms with Crippen molar-refractivity contribution in [2.75, 3.05) is 13.1 Å². The predicted octanol–water partition coefficient (Wildman–Crippen LogP) is 0.544. The molecular formula is C10H17N5O2. The Balaban J connectivity index is 1.87. The van der Waals surface area contributed by atoms with Crippen LogP contribution in [0, 0.1) is 0 Å². The van der Waals surface area contributed by atoms with E-state index in [-0.39, 0.29) is 12.0 Å². The number of aromatic nitrogens is 4. The second-order valence-electron chi connectivity index (χ2n) is 5.24. The Bertz CT molecular complexity index is 417. The number of hydrogen-bond acceptors (Lipinski definition) is 5. The Hall–Kier alpha value is -1.66. The van der Waals surface area contributed by atoms with Crippen LogP contribution in [0.1, 0.15) is 32.5 Å². The molecule has 2 rings (SSSR count). The van der Waals surface area contributed by atoms with Gasteiger partial charge in [0.25, 0.3) is 0 Å². The molecule has 0 spiro atoms. The number of amides is 1. The van der Waals surface area contributed by atoms with Crippen LogP contribution in [0.5, 0.6) is 0 Å². The number of aryl methyl sites for hydroxylation is 1. The maximum absolute atomic E-state index is 11.7. The first-order chi connectivity index (χ1) is 7.87. The van der Waals surface area contributed by atoms with Gasteiger partial charge in [0.2, 0.25) is 0 Å². The molecule has 0 saturated carbocycles. The maximum atomic E-state index is 11.7. The van der Waals surface area contributed by atoms with E-state index in [1.165, 1.54) is 0 Å². The SMILES string of the molecule is Cn1nnnc1C1CN(C(=O)OC(C)(C)C)C1. The molecule has 1 aromatic heterocycles. The highest BCUT2D eigenvalue weighted by atomic mass is 16.6. The van der Waals surface area contributed by atoms with E-state index in [9.17, 15) is 4.79 Å². The summed E-state index contributed by atoms with van der Waals surface area (Å²) >= 11 is 0. The van der Waals surface area contributed by atoms with Gasteiger partial charge in [-0.25, -0.2) is 9.48 Å². The van der Waals surface area contributed by atoms with E-state index in [4.69, 9.17) is 4.74 Å². The number of hydrogen-bond donors (Lipinski definition) is 0. The molecule has 1 aliphatic rings. The number of ether oxygens (including phenoxy) is 1. The van der Waals surface area contributed by atoms with Crippen LogP contribution in [0.3, 0.4) is 0 Å². The summed E-state index contributed by atoms with van der Waals surface area (Å²) in [6.07, 6.45) is -0.274. The molecule has 0 radical (unpaired) electrons. The van der Waals surface area contributed by atoms with Crippen molar-refractivity contribution in [1.29, 1.82) is 0 Å². The molecule has 0 N–H and O–H groups in total. The fraction of sp³-hybridized carbons (Fsp3) is 0.800. The number of carbonyl (C=O) groups excluding carboxylic acids is 1. The standard InChI is InChI=1S/C10H17N5O2/c1-10(2,3)17-9(16)15-5-7(6-15)8-11-12-13-14(8)4/h7H,5-6H2,1-4H3. The average molecular weight is 239 g/mol. The molecule has 0 unspecified atom stereocenters. The smallest absolute Gasteiger partial charge is 0.410 e. The maximum Gasteiger partial charge on any atom is 0.410 e. The van der Waals surface area contributed by atoms with Crippen molar-refractivity contribution in [1.82, 2.24) is 25.1 Å². The van der Waals surface area contributed by atoms with E-state index in [0.717, 1.165) is 5.82 Å². The van der Waals surface area contributed by atoms with Crippen LogP contribution in [0.4, 0.5) is 4.79 Å². The number of likely N-dealkylation sites (tertiary alicyclic amines) is 1. The lowest BCUT2D eigenvalue weighted by Gasteiger charge is -2.38. The first-order valence-corrected chi connectivity index (χ1v) is 5.57. The van der Waals surface area contributed by atoms with Gasteiger partial charge in [0.05, 0.1) is 5.92 Å². The normalized spacial score (nSPS) is 16.8. The molecule has 7 nitrogen and oxygen atoms in total. The highest BCUT2D eigenvalue weighted by Crippen LogP contribution is 2.26. The highest BCUT2D eigenvalue weighted by molar-refractivity contribution is 5.69. The summed E-state index contributed by atoms with van der Waals surface area (Å²) in [5, 5.41) is 11.3. The molecule has 1 saturated heterocycles. The van der Waals surface area contributed by atoms with Crippen molar-refractivity contribution in [2.24, 2.45) is 7.05 Å². The van der Waals surface area contributed by atoms with Crippen molar-refractivity contribution in [3.05, 3.63) is 5.82 Å². The molecule has 1 aromatic rings. The Morgan fingerprint density at radius 2 is 2.06 bits per heavy atom. The van der Waals surface area contributed by atoms with Gasteiger partial charge in [-0.1, -0.05) is 0 Å². The third kappa shape index (κ3) is 2.54. The van der Waals surface area contributed by atoms with E-state index in [0.29, 0.717) is 13.1 Å². The van der Waals surface area contributed by atoms with Gasteiger partial charge in [0.15, 0.2) is 5.82 Å². The van der Waals surface area contributed by atoms with Gasteiger partial charge in [0, 0.05) is 20.1 Å². The number of tetrazole rings is 1. The quantitative estimate of drug-likeness (QED) is 0.715. The summed E-state index contributed by atoms with van der Waals surface area (Å²) in [5.41, 5.74) is -0.450. The van der Waals surface area contributed by atoms with E-state index in [1.807, 2.05) is 20.8 Å². The topological polar surface area (TPSA) is 73.1 Å². The number of carbonyl (C=O) groups is 1. The van der Waals surface area contributed by atoms with Crippen molar-refractivity contribution in [3.63, 3.8) is 0 Å². The summed E-state index contributed by atoms with van der Waals surface area (Å²) in [6, 6.07) is 0. The lowest BCUT2D eigenvalue weighted by atomic mass is 10.0. The van der Waals surface area contributed by atoms with E-state index >= 15 is 0 Å². The summed E-state index contributed by atoms with van der Waals surface area (Å²) < 4.78 is 6.90. The van der Waals surface area contributed by atoms with E-state index < -0.39 is 5.60 Å². The van der Waals surface area contributed by atoms with Gasteiger partial charge in [-0.05, 0) is 31.2 Å². The van der Waals surface area contributed by atoms with Crippen LogP contribution < -0.4 is 0 Å². The van der Waals surface area contributed by atoms with Crippen molar-refractivity contribution >= 4 is 6.09 Å². The minimum atomic E-state index is -0.450. The Labute approximate surface area is 99.7 Å². The van der Waals surface area contributed by atoms with E-state index in [1.54, 1.807) is 16.6 Å². The summed E-state index contributed by atoms with van der Waals surface area (Å²) in [4.78, 5) is 13.3. The first kappa shape index (κ1) is 11.8. The third-order valence-electron chi connectivity index (χ3n) is 2.55.